The van der Waals surface area contributed by atoms with Crippen molar-refractivity contribution in [2.75, 3.05) is 13.2 Å². The first kappa shape index (κ1) is 7.34. The van der Waals surface area contributed by atoms with Gasteiger partial charge in [-0.15, -0.1) is 0 Å². The maximum Gasteiger partial charge on any atom is 0.341 e. The van der Waals surface area contributed by atoms with E-state index in [0.29, 0.717) is 5.96 Å². The van der Waals surface area contributed by atoms with Crippen molar-refractivity contribution in [3.8, 4) is 0 Å². The summed E-state index contributed by atoms with van der Waals surface area (Å²) in [5, 5.41) is 8.82. The Morgan fingerprint density at radius 1 is 1.60 bits per heavy atom. The first-order valence-electron chi connectivity index (χ1n) is 3.51. The van der Waals surface area contributed by atoms with Crippen LogP contribution >= 0.6 is 0 Å². The van der Waals surface area contributed by atoms with Crippen LogP contribution in [0.15, 0.2) is 0 Å². The lowest BCUT2D eigenvalue weighted by atomic mass is 10.2. The highest BCUT2D eigenvalue weighted by Crippen LogP contribution is 2.10. The third-order valence-electron chi connectivity index (χ3n) is 1.92. The molecular formula is C6H14N3O+. The molecule has 0 aromatic carbocycles. The van der Waals surface area contributed by atoms with E-state index in [9.17, 15) is 0 Å². The van der Waals surface area contributed by atoms with E-state index < -0.39 is 0 Å². The van der Waals surface area contributed by atoms with Crippen molar-refractivity contribution >= 4 is 5.96 Å². The molecule has 1 atom stereocenters. The van der Waals surface area contributed by atoms with Crippen LogP contribution < -0.4 is 11.5 Å². The molecule has 1 saturated heterocycles. The minimum absolute atomic E-state index is 0.151. The summed E-state index contributed by atoms with van der Waals surface area (Å²) in [5.74, 6) is 0.330. The van der Waals surface area contributed by atoms with Crippen LogP contribution in [0.5, 0.6) is 0 Å². The predicted molar refractivity (Wildman–Crippen MR) is 38.6 cm³/mol. The number of rotatable bonds is 1. The Kier molecular flexibility index (Phi) is 2.11. The molecular weight excluding hydrogens is 130 g/mol. The lowest BCUT2D eigenvalue weighted by Gasteiger charge is -2.07. The molecule has 1 rings (SSSR count). The largest absolute Gasteiger partial charge is 0.393 e. The second kappa shape index (κ2) is 2.88. The number of hydrogen-bond donors (Lipinski definition) is 3. The number of hydrogen-bond acceptors (Lipinski definition) is 1. The van der Waals surface area contributed by atoms with E-state index in [1.165, 1.54) is 0 Å². The van der Waals surface area contributed by atoms with E-state index in [1.54, 1.807) is 0 Å². The molecule has 4 heteroatoms. The Bertz CT molecular complexity index is 151. The topological polar surface area (TPSA) is 75.3 Å². The van der Waals surface area contributed by atoms with Gasteiger partial charge < -0.3 is 5.11 Å². The highest BCUT2D eigenvalue weighted by molar-refractivity contribution is 5.70. The van der Waals surface area contributed by atoms with E-state index >= 15 is 0 Å². The summed E-state index contributed by atoms with van der Waals surface area (Å²) in [4.78, 5) is 0. The van der Waals surface area contributed by atoms with Gasteiger partial charge in [0.1, 0.15) is 6.04 Å². The lowest BCUT2D eigenvalue weighted by Crippen LogP contribution is -2.39. The Morgan fingerprint density at radius 3 is 2.70 bits per heavy atom. The molecule has 1 heterocycles. The average molecular weight is 144 g/mol. The van der Waals surface area contributed by atoms with Crippen molar-refractivity contribution in [2.45, 2.75) is 18.9 Å². The molecule has 1 aliphatic rings. The Morgan fingerprint density at radius 2 is 2.30 bits per heavy atom. The molecule has 10 heavy (non-hydrogen) atoms. The monoisotopic (exact) mass is 144 g/mol. The molecule has 1 fully saturated rings. The van der Waals surface area contributed by atoms with Crippen molar-refractivity contribution in [2.24, 2.45) is 11.5 Å². The van der Waals surface area contributed by atoms with Crippen LogP contribution in [0.1, 0.15) is 12.8 Å². The van der Waals surface area contributed by atoms with Crippen LogP contribution in [-0.2, 0) is 0 Å². The van der Waals surface area contributed by atoms with Gasteiger partial charge in [-0.2, -0.15) is 0 Å². The lowest BCUT2D eigenvalue weighted by molar-refractivity contribution is -0.548. The maximum atomic E-state index is 8.82. The first-order valence-corrected chi connectivity index (χ1v) is 3.51. The summed E-state index contributed by atoms with van der Waals surface area (Å²) in [7, 11) is 0. The second-order valence-corrected chi connectivity index (χ2v) is 2.60. The molecule has 0 spiro atoms. The Balaban J connectivity index is 2.68. The smallest absolute Gasteiger partial charge is 0.341 e. The summed E-state index contributed by atoms with van der Waals surface area (Å²) < 4.78 is 1.85. The summed E-state index contributed by atoms with van der Waals surface area (Å²) >= 11 is 0. The fraction of sp³-hybridized carbons (Fsp3) is 0.833. The second-order valence-electron chi connectivity index (χ2n) is 2.60. The van der Waals surface area contributed by atoms with E-state index in [1.807, 2.05) is 4.58 Å². The molecule has 1 unspecified atom stereocenters. The van der Waals surface area contributed by atoms with Gasteiger partial charge >= 0.3 is 5.96 Å². The third-order valence-corrected chi connectivity index (χ3v) is 1.92. The number of nitrogens with two attached hydrogens (primary N) is 2. The van der Waals surface area contributed by atoms with Crippen molar-refractivity contribution in [1.82, 2.24) is 0 Å². The molecule has 5 N–H and O–H groups in total. The van der Waals surface area contributed by atoms with Gasteiger partial charge in [0.2, 0.25) is 0 Å². The highest BCUT2D eigenvalue weighted by Gasteiger charge is 2.23. The van der Waals surface area contributed by atoms with E-state index in [0.717, 1.165) is 19.4 Å². The van der Waals surface area contributed by atoms with Gasteiger partial charge in [-0.25, -0.2) is 0 Å². The fourth-order valence-corrected chi connectivity index (χ4v) is 1.37. The maximum absolute atomic E-state index is 8.82. The number of guanidine groups is 1. The van der Waals surface area contributed by atoms with Gasteiger partial charge in [0.05, 0.1) is 13.2 Å². The number of aliphatic hydroxyl groups excluding tert-OH is 1. The molecule has 0 saturated carbocycles. The third kappa shape index (κ3) is 1.21. The summed E-state index contributed by atoms with van der Waals surface area (Å²) in [5.41, 5.74) is 10.7. The Hall–Kier alpha value is -0.770. The first-order chi connectivity index (χ1) is 4.75. The Labute approximate surface area is 60.1 Å². The normalized spacial score (nSPS) is 25.3. The zero-order valence-corrected chi connectivity index (χ0v) is 5.95. The quantitative estimate of drug-likeness (QED) is 0.307. The average Bonchev–Trinajstić information content (AvgIpc) is 2.33. The molecule has 58 valence electrons. The van der Waals surface area contributed by atoms with Crippen LogP contribution in [0.4, 0.5) is 0 Å². The van der Waals surface area contributed by atoms with Gasteiger partial charge in [0.15, 0.2) is 0 Å². The van der Waals surface area contributed by atoms with Crippen molar-refractivity contribution in [1.29, 1.82) is 0 Å². The van der Waals surface area contributed by atoms with E-state index in [4.69, 9.17) is 16.6 Å². The van der Waals surface area contributed by atoms with Crippen LogP contribution in [-0.4, -0.2) is 34.8 Å². The van der Waals surface area contributed by atoms with E-state index in [2.05, 4.69) is 0 Å². The molecule has 0 aromatic rings. The van der Waals surface area contributed by atoms with Crippen LogP contribution in [0.2, 0.25) is 0 Å². The fourth-order valence-electron chi connectivity index (χ4n) is 1.37. The number of aliphatic hydroxyl groups is 1. The molecule has 4 nitrogen and oxygen atoms in total. The molecule has 0 aliphatic carbocycles. The zero-order chi connectivity index (χ0) is 7.56. The minimum Gasteiger partial charge on any atom is -0.393 e. The highest BCUT2D eigenvalue weighted by atomic mass is 16.3. The van der Waals surface area contributed by atoms with Crippen molar-refractivity contribution in [3.05, 3.63) is 0 Å². The standard InChI is InChI=1S/C6H13N3O/c7-6(8)9-3-1-2-5(9)4-10/h5,10H,1-4H2,(H3,7,8)/p+1. The van der Waals surface area contributed by atoms with Gasteiger partial charge in [-0.3, -0.25) is 16.0 Å². The molecule has 1 aliphatic heterocycles. The van der Waals surface area contributed by atoms with Gasteiger partial charge in [0, 0.05) is 0 Å². The molecule has 0 radical (unpaired) electrons. The summed E-state index contributed by atoms with van der Waals surface area (Å²) in [6.45, 7) is 1.03. The van der Waals surface area contributed by atoms with E-state index in [-0.39, 0.29) is 12.6 Å². The van der Waals surface area contributed by atoms with Gasteiger partial charge in [-0.1, -0.05) is 0 Å². The minimum atomic E-state index is 0.151. The predicted octanol–water partition coefficient (Wildman–Crippen LogP) is -1.57. The van der Waals surface area contributed by atoms with Gasteiger partial charge in [0.25, 0.3) is 0 Å². The van der Waals surface area contributed by atoms with Crippen molar-refractivity contribution in [3.63, 3.8) is 0 Å². The van der Waals surface area contributed by atoms with Crippen LogP contribution in [0, 0.1) is 0 Å². The van der Waals surface area contributed by atoms with Crippen LogP contribution in [0.3, 0.4) is 0 Å². The number of nitrogens with zero attached hydrogens (tertiary/aromatic N) is 1. The van der Waals surface area contributed by atoms with Crippen LogP contribution in [0.25, 0.3) is 0 Å². The SMILES string of the molecule is NC(N)=[N+]1CCCC1CO. The molecule has 0 amide bonds. The zero-order valence-electron chi connectivity index (χ0n) is 5.95. The molecule has 0 aromatic heterocycles. The summed E-state index contributed by atoms with van der Waals surface area (Å²) in [6.07, 6.45) is 2.07. The van der Waals surface area contributed by atoms with Crippen molar-refractivity contribution < 1.29 is 9.68 Å². The molecule has 0 bridgehead atoms. The summed E-state index contributed by atoms with van der Waals surface area (Å²) in [6, 6.07) is 0.157. The van der Waals surface area contributed by atoms with Gasteiger partial charge in [-0.05, 0) is 12.8 Å².